The topological polar surface area (TPSA) is 75.3 Å². The zero-order valence-corrected chi connectivity index (χ0v) is 11.1. The largest absolute Gasteiger partial charge is 0.479 e. The lowest BCUT2D eigenvalue weighted by atomic mass is 9.93. The van der Waals surface area contributed by atoms with E-state index in [4.69, 9.17) is 23.2 Å². The van der Waals surface area contributed by atoms with Gasteiger partial charge in [-0.15, -0.1) is 0 Å². The van der Waals surface area contributed by atoms with E-state index in [9.17, 15) is 15.0 Å². The molecule has 1 aromatic carbocycles. The van der Waals surface area contributed by atoms with Crippen molar-refractivity contribution < 1.29 is 15.0 Å². The fourth-order valence-corrected chi connectivity index (χ4v) is 2.30. The highest BCUT2D eigenvalue weighted by Crippen LogP contribution is 2.32. The molecule has 0 radical (unpaired) electrons. The molecule has 100 valence electrons. The lowest BCUT2D eigenvalue weighted by molar-refractivity contribution is -0.161. The predicted molar refractivity (Wildman–Crippen MR) is 70.2 cm³/mol. The van der Waals surface area contributed by atoms with Crippen molar-refractivity contribution in [3.8, 4) is 0 Å². The number of hydrogen-bond donors (Lipinski definition) is 2. The van der Waals surface area contributed by atoms with Crippen molar-refractivity contribution in [3.63, 3.8) is 0 Å². The van der Waals surface area contributed by atoms with E-state index >= 15 is 0 Å². The third-order valence-corrected chi connectivity index (χ3v) is 3.25. The number of benzene rings is 1. The Bertz CT molecular complexity index is 601. The van der Waals surface area contributed by atoms with Gasteiger partial charge in [0.1, 0.15) is 0 Å². The number of halogens is 2. The number of nitrogens with zero attached hydrogens (tertiary/aromatic N) is 2. The minimum atomic E-state index is -2.15. The Morgan fingerprint density at radius 2 is 2.16 bits per heavy atom. The first-order valence-electron chi connectivity index (χ1n) is 5.30. The van der Waals surface area contributed by atoms with Crippen molar-refractivity contribution in [2.45, 2.75) is 12.1 Å². The molecule has 0 aliphatic rings. The molecule has 7 heteroatoms. The number of carbonyl (C=O) groups is 1. The highest BCUT2D eigenvalue weighted by Gasteiger charge is 2.40. The van der Waals surface area contributed by atoms with Gasteiger partial charge in [-0.1, -0.05) is 29.3 Å². The van der Waals surface area contributed by atoms with Gasteiger partial charge in [-0.3, -0.25) is 0 Å². The molecule has 19 heavy (non-hydrogen) atoms. The summed E-state index contributed by atoms with van der Waals surface area (Å²) in [6, 6.07) is 4.26. The van der Waals surface area contributed by atoms with Gasteiger partial charge >= 0.3 is 5.97 Å². The Labute approximate surface area is 119 Å². The van der Waals surface area contributed by atoms with E-state index in [2.05, 4.69) is 4.98 Å². The number of rotatable bonds is 4. The number of hydrogen-bond acceptors (Lipinski definition) is 3. The highest BCUT2D eigenvalue weighted by atomic mass is 35.5. The first kappa shape index (κ1) is 13.9. The van der Waals surface area contributed by atoms with Gasteiger partial charge in [-0.25, -0.2) is 9.78 Å². The lowest BCUT2D eigenvalue weighted by Gasteiger charge is -2.25. The van der Waals surface area contributed by atoms with Gasteiger partial charge in [-0.05, 0) is 12.1 Å². The smallest absolute Gasteiger partial charge is 0.342 e. The van der Waals surface area contributed by atoms with Gasteiger partial charge in [0, 0.05) is 28.0 Å². The van der Waals surface area contributed by atoms with E-state index < -0.39 is 11.6 Å². The van der Waals surface area contributed by atoms with E-state index in [1.807, 2.05) is 0 Å². The van der Waals surface area contributed by atoms with Crippen LogP contribution in [0.1, 0.15) is 5.56 Å². The van der Waals surface area contributed by atoms with Crippen LogP contribution in [-0.2, 0) is 16.9 Å². The van der Waals surface area contributed by atoms with Crippen LogP contribution in [0.15, 0.2) is 36.9 Å². The number of carboxylic acids is 1. The first-order chi connectivity index (χ1) is 8.93. The van der Waals surface area contributed by atoms with Crippen LogP contribution in [-0.4, -0.2) is 25.7 Å². The molecule has 0 fully saturated rings. The van der Waals surface area contributed by atoms with Crippen molar-refractivity contribution in [2.75, 3.05) is 0 Å². The maximum atomic E-state index is 11.4. The average molecular weight is 301 g/mol. The fourth-order valence-electron chi connectivity index (χ4n) is 1.74. The number of aliphatic carboxylic acids is 1. The summed E-state index contributed by atoms with van der Waals surface area (Å²) in [5.41, 5.74) is -2.07. The minimum absolute atomic E-state index is 0.0831. The second kappa shape index (κ2) is 5.21. The van der Waals surface area contributed by atoms with Crippen LogP contribution in [0.5, 0.6) is 0 Å². The highest BCUT2D eigenvalue weighted by molar-refractivity contribution is 6.35. The monoisotopic (exact) mass is 300 g/mol. The van der Waals surface area contributed by atoms with Crippen molar-refractivity contribution in [2.24, 2.45) is 0 Å². The summed E-state index contributed by atoms with van der Waals surface area (Å²) in [6.07, 6.45) is 4.46. The Kier molecular flexibility index (Phi) is 3.80. The molecule has 2 aromatic rings. The minimum Gasteiger partial charge on any atom is -0.479 e. The quantitative estimate of drug-likeness (QED) is 0.907. The summed E-state index contributed by atoms with van der Waals surface area (Å²) in [5, 5.41) is 20.2. The maximum Gasteiger partial charge on any atom is 0.342 e. The van der Waals surface area contributed by atoms with E-state index in [0.29, 0.717) is 5.02 Å². The van der Waals surface area contributed by atoms with Gasteiger partial charge in [-0.2, -0.15) is 0 Å². The zero-order valence-electron chi connectivity index (χ0n) is 9.62. The Morgan fingerprint density at radius 1 is 1.42 bits per heavy atom. The molecule has 0 aliphatic carbocycles. The molecule has 0 spiro atoms. The van der Waals surface area contributed by atoms with Crippen LogP contribution in [0.4, 0.5) is 0 Å². The van der Waals surface area contributed by atoms with Crippen molar-refractivity contribution in [1.29, 1.82) is 0 Å². The Balaban J connectivity index is 2.47. The van der Waals surface area contributed by atoms with E-state index in [0.717, 1.165) is 0 Å². The molecule has 2 N–H and O–H groups in total. The SMILES string of the molecule is O=C(O)C(O)(Cn1ccnc1)c1ccc(Cl)cc1Cl. The Morgan fingerprint density at radius 3 is 2.68 bits per heavy atom. The fraction of sp³-hybridized carbons (Fsp3) is 0.167. The first-order valence-corrected chi connectivity index (χ1v) is 6.06. The summed E-state index contributed by atoms with van der Waals surface area (Å²) in [5.74, 6) is -1.40. The second-order valence-corrected chi connectivity index (χ2v) is 4.87. The van der Waals surface area contributed by atoms with Crippen molar-refractivity contribution in [1.82, 2.24) is 9.55 Å². The molecule has 1 aromatic heterocycles. The molecule has 1 heterocycles. The van der Waals surface area contributed by atoms with Crippen LogP contribution < -0.4 is 0 Å². The van der Waals surface area contributed by atoms with Crippen molar-refractivity contribution in [3.05, 3.63) is 52.5 Å². The molecule has 0 saturated carbocycles. The Hall–Kier alpha value is -1.56. The lowest BCUT2D eigenvalue weighted by Crippen LogP contribution is -2.40. The molecule has 0 aliphatic heterocycles. The van der Waals surface area contributed by atoms with Crippen LogP contribution >= 0.6 is 23.2 Å². The molecule has 2 rings (SSSR count). The standard InChI is InChI=1S/C12H10Cl2N2O3/c13-8-1-2-9(10(14)5-8)12(19,11(17)18)6-16-4-3-15-7-16/h1-5,7,19H,6H2,(H,17,18). The molecule has 5 nitrogen and oxygen atoms in total. The summed E-state index contributed by atoms with van der Waals surface area (Å²) in [6.45, 7) is -0.205. The molecule has 0 saturated heterocycles. The second-order valence-electron chi connectivity index (χ2n) is 4.02. The predicted octanol–water partition coefficient (Wildman–Crippen LogP) is 2.16. The van der Waals surface area contributed by atoms with Gasteiger partial charge < -0.3 is 14.8 Å². The molecular weight excluding hydrogens is 291 g/mol. The van der Waals surface area contributed by atoms with E-state index in [1.54, 1.807) is 6.20 Å². The average Bonchev–Trinajstić information content (AvgIpc) is 2.81. The van der Waals surface area contributed by atoms with Gasteiger partial charge in [0.2, 0.25) is 5.60 Å². The van der Waals surface area contributed by atoms with E-state index in [1.165, 1.54) is 35.3 Å². The molecule has 1 unspecified atom stereocenters. The number of carboxylic acid groups (broad SMARTS) is 1. The zero-order chi connectivity index (χ0) is 14.0. The van der Waals surface area contributed by atoms with Gasteiger partial charge in [0.15, 0.2) is 0 Å². The van der Waals surface area contributed by atoms with Crippen molar-refractivity contribution >= 4 is 29.2 Å². The number of aliphatic hydroxyl groups is 1. The molecule has 0 amide bonds. The summed E-state index contributed by atoms with van der Waals surface area (Å²) in [4.78, 5) is 15.2. The third-order valence-electron chi connectivity index (χ3n) is 2.70. The summed E-state index contributed by atoms with van der Waals surface area (Å²) < 4.78 is 1.46. The summed E-state index contributed by atoms with van der Waals surface area (Å²) in [7, 11) is 0. The normalized spacial score (nSPS) is 14.1. The third kappa shape index (κ3) is 2.73. The van der Waals surface area contributed by atoms with Crippen LogP contribution in [0.25, 0.3) is 0 Å². The molecule has 1 atom stereocenters. The van der Waals surface area contributed by atoms with Crippen LogP contribution in [0.2, 0.25) is 10.0 Å². The number of aromatic nitrogens is 2. The maximum absolute atomic E-state index is 11.4. The molecule has 0 bridgehead atoms. The number of imidazole rings is 1. The van der Waals surface area contributed by atoms with E-state index in [-0.39, 0.29) is 17.1 Å². The van der Waals surface area contributed by atoms with Gasteiger partial charge in [0.25, 0.3) is 0 Å². The molecular formula is C12H10Cl2N2O3. The van der Waals surface area contributed by atoms with Gasteiger partial charge in [0.05, 0.1) is 12.9 Å². The van der Waals surface area contributed by atoms with Crippen LogP contribution in [0.3, 0.4) is 0 Å². The summed E-state index contributed by atoms with van der Waals surface area (Å²) >= 11 is 11.7. The van der Waals surface area contributed by atoms with Crippen LogP contribution in [0, 0.1) is 0 Å².